The number of rotatable bonds is 1. The van der Waals surface area contributed by atoms with E-state index in [9.17, 15) is 26.3 Å². The summed E-state index contributed by atoms with van der Waals surface area (Å²) in [5.41, 5.74) is -2.20. The first kappa shape index (κ1) is 13.8. The monoisotopic (exact) mass is 258 g/mol. The van der Waals surface area contributed by atoms with Crippen molar-refractivity contribution in [2.45, 2.75) is 25.4 Å². The highest BCUT2D eigenvalue weighted by atomic mass is 19.4. The van der Waals surface area contributed by atoms with E-state index in [1.807, 2.05) is 0 Å². The maximum Gasteiger partial charge on any atom is 0.418 e. The molecule has 96 valence electrons. The van der Waals surface area contributed by atoms with Gasteiger partial charge >= 0.3 is 12.4 Å². The van der Waals surface area contributed by atoms with Crippen LogP contribution < -0.4 is 0 Å². The molecular formula is C10H8F6O. The summed E-state index contributed by atoms with van der Waals surface area (Å²) in [5.74, 6) is 0. The van der Waals surface area contributed by atoms with Gasteiger partial charge in [0.1, 0.15) is 0 Å². The number of benzene rings is 1. The van der Waals surface area contributed by atoms with E-state index in [0.29, 0.717) is 6.07 Å². The van der Waals surface area contributed by atoms with Crippen LogP contribution in [0.1, 0.15) is 22.8 Å². The third-order valence-electron chi connectivity index (χ3n) is 2.19. The molecule has 1 nitrogen and oxygen atoms in total. The molecule has 1 aromatic carbocycles. The second-order valence-electron chi connectivity index (χ2n) is 3.52. The van der Waals surface area contributed by atoms with Gasteiger partial charge < -0.3 is 5.11 Å². The second kappa shape index (κ2) is 4.21. The molecule has 0 bridgehead atoms. The average molecular weight is 258 g/mol. The SMILES string of the molecule is Cc1ccc(C(O)C(F)(F)F)cc1C(F)(F)F. The maximum absolute atomic E-state index is 12.4. The van der Waals surface area contributed by atoms with Crippen molar-refractivity contribution in [3.8, 4) is 0 Å². The summed E-state index contributed by atoms with van der Waals surface area (Å²) >= 11 is 0. The molecule has 1 atom stereocenters. The first-order valence-electron chi connectivity index (χ1n) is 4.46. The summed E-state index contributed by atoms with van der Waals surface area (Å²) in [7, 11) is 0. The Morgan fingerprint density at radius 1 is 1.06 bits per heavy atom. The van der Waals surface area contributed by atoms with E-state index in [1.165, 1.54) is 0 Å². The Balaban J connectivity index is 3.23. The highest BCUT2D eigenvalue weighted by Gasteiger charge is 2.41. The lowest BCUT2D eigenvalue weighted by molar-refractivity contribution is -0.207. The first-order valence-corrected chi connectivity index (χ1v) is 4.46. The Labute approximate surface area is 92.7 Å². The molecule has 0 spiro atoms. The van der Waals surface area contributed by atoms with Crippen molar-refractivity contribution in [1.82, 2.24) is 0 Å². The minimum absolute atomic E-state index is 0.198. The van der Waals surface area contributed by atoms with Crippen LogP contribution in [0.5, 0.6) is 0 Å². The van der Waals surface area contributed by atoms with Crippen LogP contribution in [0.4, 0.5) is 26.3 Å². The Kier molecular flexibility index (Phi) is 3.42. The van der Waals surface area contributed by atoms with Crippen LogP contribution in [0.2, 0.25) is 0 Å². The molecule has 0 saturated heterocycles. The lowest BCUT2D eigenvalue weighted by Gasteiger charge is -2.17. The second-order valence-corrected chi connectivity index (χ2v) is 3.52. The van der Waals surface area contributed by atoms with Crippen LogP contribution in [-0.2, 0) is 6.18 Å². The zero-order chi connectivity index (χ0) is 13.4. The zero-order valence-electron chi connectivity index (χ0n) is 8.52. The Bertz CT molecular complexity index is 406. The van der Waals surface area contributed by atoms with E-state index in [1.54, 1.807) is 0 Å². The van der Waals surface area contributed by atoms with E-state index < -0.39 is 29.6 Å². The number of hydrogen-bond donors (Lipinski definition) is 1. The van der Waals surface area contributed by atoms with Crippen LogP contribution in [0, 0.1) is 6.92 Å². The van der Waals surface area contributed by atoms with Crippen molar-refractivity contribution >= 4 is 0 Å². The van der Waals surface area contributed by atoms with Crippen LogP contribution >= 0.6 is 0 Å². The van der Waals surface area contributed by atoms with Gasteiger partial charge in [-0.2, -0.15) is 26.3 Å². The van der Waals surface area contributed by atoms with Gasteiger partial charge in [0.05, 0.1) is 5.56 Å². The van der Waals surface area contributed by atoms with Gasteiger partial charge in [0.15, 0.2) is 6.10 Å². The summed E-state index contributed by atoms with van der Waals surface area (Å²) in [6.07, 6.45) is -12.6. The molecule has 1 unspecified atom stereocenters. The van der Waals surface area contributed by atoms with Crippen molar-refractivity contribution < 1.29 is 31.4 Å². The molecule has 0 amide bonds. The predicted molar refractivity (Wildman–Crippen MR) is 47.2 cm³/mol. The molecule has 1 rings (SSSR count). The molecule has 0 aliphatic rings. The van der Waals surface area contributed by atoms with Crippen molar-refractivity contribution in [2.75, 3.05) is 0 Å². The number of halogens is 6. The van der Waals surface area contributed by atoms with Crippen molar-refractivity contribution in [1.29, 1.82) is 0 Å². The van der Waals surface area contributed by atoms with Gasteiger partial charge in [0.2, 0.25) is 0 Å². The lowest BCUT2D eigenvalue weighted by Crippen LogP contribution is -2.21. The topological polar surface area (TPSA) is 20.2 Å². The number of aliphatic hydroxyl groups excluding tert-OH is 1. The van der Waals surface area contributed by atoms with Crippen LogP contribution in [0.3, 0.4) is 0 Å². The van der Waals surface area contributed by atoms with Crippen LogP contribution in [0.15, 0.2) is 18.2 Å². The van der Waals surface area contributed by atoms with Crippen LogP contribution in [0.25, 0.3) is 0 Å². The minimum atomic E-state index is -4.99. The Hall–Kier alpha value is -1.24. The summed E-state index contributed by atoms with van der Waals surface area (Å²) in [6, 6.07) is 2.03. The third kappa shape index (κ3) is 3.12. The van der Waals surface area contributed by atoms with E-state index >= 15 is 0 Å². The molecule has 0 aromatic heterocycles. The zero-order valence-corrected chi connectivity index (χ0v) is 8.52. The largest absolute Gasteiger partial charge is 0.418 e. The van der Waals surface area contributed by atoms with Crippen LogP contribution in [-0.4, -0.2) is 11.3 Å². The highest BCUT2D eigenvalue weighted by Crippen LogP contribution is 2.37. The lowest BCUT2D eigenvalue weighted by atomic mass is 10.0. The van der Waals surface area contributed by atoms with E-state index in [-0.39, 0.29) is 5.56 Å². The van der Waals surface area contributed by atoms with Gasteiger partial charge in [-0.25, -0.2) is 0 Å². The van der Waals surface area contributed by atoms with E-state index in [4.69, 9.17) is 5.11 Å². The van der Waals surface area contributed by atoms with Gasteiger partial charge in [0, 0.05) is 0 Å². The summed E-state index contributed by atoms with van der Waals surface area (Å²) in [4.78, 5) is 0. The van der Waals surface area contributed by atoms with Crippen molar-refractivity contribution in [3.63, 3.8) is 0 Å². The molecule has 1 N–H and O–H groups in total. The fourth-order valence-corrected chi connectivity index (χ4v) is 1.30. The van der Waals surface area contributed by atoms with Crippen molar-refractivity contribution in [3.05, 3.63) is 34.9 Å². The molecule has 17 heavy (non-hydrogen) atoms. The summed E-state index contributed by atoms with van der Waals surface area (Å²) in [5, 5.41) is 8.85. The fraction of sp³-hybridized carbons (Fsp3) is 0.400. The standard InChI is InChI=1S/C10H8F6O/c1-5-2-3-6(8(17)10(14,15)16)4-7(5)9(11,12)13/h2-4,8,17H,1H3. The predicted octanol–water partition coefficient (Wildman–Crippen LogP) is 3.61. The number of alkyl halides is 6. The molecule has 7 heteroatoms. The van der Waals surface area contributed by atoms with Gasteiger partial charge in [-0.15, -0.1) is 0 Å². The van der Waals surface area contributed by atoms with Crippen molar-refractivity contribution in [2.24, 2.45) is 0 Å². The quantitative estimate of drug-likeness (QED) is 0.763. The van der Waals surface area contributed by atoms with Gasteiger partial charge in [-0.1, -0.05) is 12.1 Å². The molecule has 0 saturated carbocycles. The smallest absolute Gasteiger partial charge is 0.379 e. The Morgan fingerprint density at radius 2 is 1.59 bits per heavy atom. The first-order chi connectivity index (χ1) is 7.53. The average Bonchev–Trinajstić information content (AvgIpc) is 2.14. The minimum Gasteiger partial charge on any atom is -0.379 e. The third-order valence-corrected chi connectivity index (χ3v) is 2.19. The molecule has 0 fully saturated rings. The molecule has 1 aromatic rings. The molecular weight excluding hydrogens is 250 g/mol. The number of hydrogen-bond acceptors (Lipinski definition) is 1. The summed E-state index contributed by atoms with van der Waals surface area (Å²) < 4.78 is 73.7. The Morgan fingerprint density at radius 3 is 2.00 bits per heavy atom. The molecule has 0 radical (unpaired) electrons. The fourth-order valence-electron chi connectivity index (χ4n) is 1.30. The van der Waals surface area contributed by atoms with E-state index in [2.05, 4.69) is 0 Å². The molecule has 0 aliphatic heterocycles. The normalized spacial score (nSPS) is 14.8. The van der Waals surface area contributed by atoms with Gasteiger partial charge in [-0.05, 0) is 24.1 Å². The molecule has 0 aliphatic carbocycles. The number of aryl methyl sites for hydroxylation is 1. The number of aliphatic hydroxyl groups is 1. The summed E-state index contributed by atoms with van der Waals surface area (Å²) in [6.45, 7) is 1.13. The van der Waals surface area contributed by atoms with E-state index in [0.717, 1.165) is 19.1 Å². The highest BCUT2D eigenvalue weighted by molar-refractivity contribution is 5.34. The maximum atomic E-state index is 12.4. The molecule has 0 heterocycles. The van der Waals surface area contributed by atoms with Gasteiger partial charge in [0.25, 0.3) is 0 Å². The van der Waals surface area contributed by atoms with Gasteiger partial charge in [-0.3, -0.25) is 0 Å².